The third-order valence-electron chi connectivity index (χ3n) is 4.72. The number of anilines is 1. The molecule has 1 aromatic rings. The zero-order valence-corrected chi connectivity index (χ0v) is 15.0. The molecule has 24 heavy (non-hydrogen) atoms. The summed E-state index contributed by atoms with van der Waals surface area (Å²) in [5, 5.41) is 12.9. The number of amides is 1. The molecule has 0 spiro atoms. The lowest BCUT2D eigenvalue weighted by atomic mass is 9.87. The van der Waals surface area contributed by atoms with Gasteiger partial charge in [-0.1, -0.05) is 6.92 Å². The van der Waals surface area contributed by atoms with Crippen LogP contribution in [0.5, 0.6) is 5.75 Å². The van der Waals surface area contributed by atoms with Gasteiger partial charge in [0.05, 0.1) is 0 Å². The van der Waals surface area contributed by atoms with Crippen molar-refractivity contribution in [1.29, 1.82) is 0 Å². The van der Waals surface area contributed by atoms with Gasteiger partial charge in [-0.05, 0) is 62.9 Å². The Morgan fingerprint density at radius 3 is 2.50 bits per heavy atom. The molecule has 0 aliphatic heterocycles. The average molecular weight is 334 g/mol. The van der Waals surface area contributed by atoms with E-state index < -0.39 is 6.10 Å². The van der Waals surface area contributed by atoms with Gasteiger partial charge in [0.1, 0.15) is 18.5 Å². The number of benzene rings is 1. The van der Waals surface area contributed by atoms with E-state index >= 15 is 0 Å². The molecule has 5 nitrogen and oxygen atoms in total. The Morgan fingerprint density at radius 1 is 1.29 bits per heavy atom. The lowest BCUT2D eigenvalue weighted by molar-refractivity contribution is -0.114. The van der Waals surface area contributed by atoms with Crippen LogP contribution in [0, 0.1) is 5.92 Å². The van der Waals surface area contributed by atoms with Crippen molar-refractivity contribution in [2.24, 2.45) is 5.92 Å². The van der Waals surface area contributed by atoms with Crippen molar-refractivity contribution in [2.75, 3.05) is 25.5 Å². The van der Waals surface area contributed by atoms with E-state index in [4.69, 9.17) is 4.74 Å². The predicted octanol–water partition coefficient (Wildman–Crippen LogP) is 2.90. The van der Waals surface area contributed by atoms with Crippen LogP contribution in [0.25, 0.3) is 0 Å². The quantitative estimate of drug-likeness (QED) is 0.805. The molecule has 0 saturated heterocycles. The van der Waals surface area contributed by atoms with E-state index in [0.29, 0.717) is 18.3 Å². The molecule has 0 aromatic heterocycles. The minimum absolute atomic E-state index is 0.0979. The standard InChI is InChI=1S/C19H30N2O3/c1-14-4-8-17(9-5-14)21(3)12-18(23)13-24-19-10-6-16(7-11-19)20-15(2)22/h6-7,10-11,14,17-18,23H,4-5,8-9,12-13H2,1-3H3,(H,20,22). The van der Waals surface area contributed by atoms with E-state index in [1.54, 1.807) is 24.3 Å². The molecular weight excluding hydrogens is 304 g/mol. The highest BCUT2D eigenvalue weighted by molar-refractivity contribution is 5.88. The lowest BCUT2D eigenvalue weighted by Crippen LogP contribution is -2.41. The Balaban J connectivity index is 1.72. The van der Waals surface area contributed by atoms with Gasteiger partial charge in [-0.25, -0.2) is 0 Å². The highest BCUT2D eigenvalue weighted by Gasteiger charge is 2.23. The second kappa shape index (κ2) is 9.04. The van der Waals surface area contributed by atoms with Crippen molar-refractivity contribution in [2.45, 2.75) is 51.7 Å². The largest absolute Gasteiger partial charge is 0.491 e. The van der Waals surface area contributed by atoms with Gasteiger partial charge in [0.15, 0.2) is 0 Å². The third-order valence-corrected chi connectivity index (χ3v) is 4.72. The maximum absolute atomic E-state index is 11.0. The van der Waals surface area contributed by atoms with Crippen LogP contribution in [-0.4, -0.2) is 48.3 Å². The molecule has 1 aromatic carbocycles. The Morgan fingerprint density at radius 2 is 1.92 bits per heavy atom. The van der Waals surface area contributed by atoms with Crippen LogP contribution in [0.3, 0.4) is 0 Å². The number of aliphatic hydroxyl groups is 1. The van der Waals surface area contributed by atoms with Crippen LogP contribution in [0.4, 0.5) is 5.69 Å². The molecule has 1 aliphatic rings. The third kappa shape index (κ3) is 6.13. The molecule has 1 fully saturated rings. The summed E-state index contributed by atoms with van der Waals surface area (Å²) in [6.45, 7) is 4.69. The molecule has 1 saturated carbocycles. The second-order valence-corrected chi connectivity index (χ2v) is 7.02. The summed E-state index contributed by atoms with van der Waals surface area (Å²) in [7, 11) is 2.09. The fourth-order valence-electron chi connectivity index (χ4n) is 3.25. The molecule has 134 valence electrons. The van der Waals surface area contributed by atoms with Gasteiger partial charge < -0.3 is 20.1 Å². The maximum Gasteiger partial charge on any atom is 0.221 e. The lowest BCUT2D eigenvalue weighted by Gasteiger charge is -2.34. The maximum atomic E-state index is 11.0. The summed E-state index contributed by atoms with van der Waals surface area (Å²) in [5.74, 6) is 1.43. The highest BCUT2D eigenvalue weighted by Crippen LogP contribution is 2.26. The van der Waals surface area contributed by atoms with Crippen LogP contribution < -0.4 is 10.1 Å². The van der Waals surface area contributed by atoms with Gasteiger partial charge in [0.2, 0.25) is 5.91 Å². The monoisotopic (exact) mass is 334 g/mol. The topological polar surface area (TPSA) is 61.8 Å². The minimum Gasteiger partial charge on any atom is -0.491 e. The smallest absolute Gasteiger partial charge is 0.221 e. The van der Waals surface area contributed by atoms with Crippen LogP contribution in [-0.2, 0) is 4.79 Å². The first-order valence-corrected chi connectivity index (χ1v) is 8.82. The Labute approximate surface area is 145 Å². The molecule has 1 aliphatic carbocycles. The fourth-order valence-corrected chi connectivity index (χ4v) is 3.25. The predicted molar refractivity (Wildman–Crippen MR) is 96.3 cm³/mol. The second-order valence-electron chi connectivity index (χ2n) is 7.02. The van der Waals surface area contributed by atoms with Crippen molar-refractivity contribution in [1.82, 2.24) is 4.90 Å². The molecule has 5 heteroatoms. The van der Waals surface area contributed by atoms with Crippen LogP contribution >= 0.6 is 0 Å². The zero-order chi connectivity index (χ0) is 17.5. The normalized spacial score (nSPS) is 22.2. The number of likely N-dealkylation sites (N-methyl/N-ethyl adjacent to an activating group) is 1. The summed E-state index contributed by atoms with van der Waals surface area (Å²) >= 11 is 0. The van der Waals surface area contributed by atoms with Gasteiger partial charge in [-0.3, -0.25) is 4.79 Å². The molecule has 1 atom stereocenters. The van der Waals surface area contributed by atoms with Gasteiger partial charge in [-0.2, -0.15) is 0 Å². The van der Waals surface area contributed by atoms with Crippen molar-refractivity contribution < 1.29 is 14.6 Å². The van der Waals surface area contributed by atoms with Crippen molar-refractivity contribution in [3.8, 4) is 5.75 Å². The van der Waals surface area contributed by atoms with Gasteiger partial charge >= 0.3 is 0 Å². The summed E-state index contributed by atoms with van der Waals surface area (Å²) < 4.78 is 5.64. The fraction of sp³-hybridized carbons (Fsp3) is 0.632. The molecular formula is C19H30N2O3. The Bertz CT molecular complexity index is 510. The van der Waals surface area contributed by atoms with Crippen LogP contribution in [0.1, 0.15) is 39.5 Å². The number of hydrogen-bond donors (Lipinski definition) is 2. The van der Waals surface area contributed by atoms with Crippen LogP contribution in [0.15, 0.2) is 24.3 Å². The van der Waals surface area contributed by atoms with E-state index in [-0.39, 0.29) is 12.5 Å². The molecule has 2 rings (SSSR count). The van der Waals surface area contributed by atoms with Gasteiger partial charge in [0.25, 0.3) is 0 Å². The first kappa shape index (κ1) is 18.7. The number of ether oxygens (including phenoxy) is 1. The summed E-state index contributed by atoms with van der Waals surface area (Å²) in [6, 6.07) is 7.75. The number of nitrogens with one attached hydrogen (secondary N) is 1. The molecule has 1 unspecified atom stereocenters. The molecule has 0 bridgehead atoms. The molecule has 0 heterocycles. The number of aliphatic hydroxyl groups excluding tert-OH is 1. The number of carbonyl (C=O) groups excluding carboxylic acids is 1. The van der Waals surface area contributed by atoms with Gasteiger partial charge in [0, 0.05) is 25.2 Å². The zero-order valence-electron chi connectivity index (χ0n) is 15.0. The summed E-state index contributed by atoms with van der Waals surface area (Å²) in [5.41, 5.74) is 0.738. The summed E-state index contributed by atoms with van der Waals surface area (Å²) in [4.78, 5) is 13.2. The van der Waals surface area contributed by atoms with Crippen LogP contribution in [0.2, 0.25) is 0 Å². The van der Waals surface area contributed by atoms with Crippen molar-refractivity contribution in [3.63, 3.8) is 0 Å². The Kier molecular flexibility index (Phi) is 7.06. The SMILES string of the molecule is CC(=O)Nc1ccc(OCC(O)CN(C)C2CCC(C)CC2)cc1. The first-order valence-electron chi connectivity index (χ1n) is 8.82. The summed E-state index contributed by atoms with van der Waals surface area (Å²) in [6.07, 6.45) is 4.49. The number of nitrogens with zero attached hydrogens (tertiary/aromatic N) is 1. The van der Waals surface area contributed by atoms with E-state index in [2.05, 4.69) is 24.2 Å². The van der Waals surface area contributed by atoms with E-state index in [9.17, 15) is 9.90 Å². The highest BCUT2D eigenvalue weighted by atomic mass is 16.5. The van der Waals surface area contributed by atoms with E-state index in [0.717, 1.165) is 11.6 Å². The molecule has 2 N–H and O–H groups in total. The van der Waals surface area contributed by atoms with Gasteiger partial charge in [-0.15, -0.1) is 0 Å². The average Bonchev–Trinajstić information content (AvgIpc) is 2.54. The molecule has 0 radical (unpaired) electrons. The van der Waals surface area contributed by atoms with Crippen molar-refractivity contribution in [3.05, 3.63) is 24.3 Å². The van der Waals surface area contributed by atoms with E-state index in [1.165, 1.54) is 32.6 Å². The Hall–Kier alpha value is -1.59. The minimum atomic E-state index is -0.510. The van der Waals surface area contributed by atoms with Crippen molar-refractivity contribution >= 4 is 11.6 Å². The number of rotatable bonds is 7. The number of carbonyl (C=O) groups is 1. The number of hydrogen-bond acceptors (Lipinski definition) is 4. The molecule has 1 amide bonds. The van der Waals surface area contributed by atoms with E-state index in [1.807, 2.05) is 0 Å². The first-order chi connectivity index (χ1) is 11.4.